The Kier molecular flexibility index (Phi) is 5.75. The van der Waals surface area contributed by atoms with E-state index in [1.54, 1.807) is 29.2 Å². The second-order valence-corrected chi connectivity index (χ2v) is 3.90. The number of aliphatic carboxylic acids is 1. The zero-order valence-electron chi connectivity index (χ0n) is 10.7. The fraction of sp³-hybridized carbons (Fsp3) is 0.286. The van der Waals surface area contributed by atoms with E-state index in [9.17, 15) is 9.59 Å². The first-order valence-corrected chi connectivity index (χ1v) is 5.99. The van der Waals surface area contributed by atoms with Crippen molar-refractivity contribution < 1.29 is 19.8 Å². The molecule has 0 radical (unpaired) electrons. The van der Waals surface area contributed by atoms with Gasteiger partial charge in [0.15, 0.2) is 0 Å². The van der Waals surface area contributed by atoms with Crippen LogP contribution in [0.5, 0.6) is 0 Å². The van der Waals surface area contributed by atoms with Gasteiger partial charge in [-0.1, -0.05) is 12.1 Å². The Morgan fingerprint density at radius 3 is 2.37 bits per heavy atom. The summed E-state index contributed by atoms with van der Waals surface area (Å²) in [5.74, 6) is -1.16. The second-order valence-electron chi connectivity index (χ2n) is 3.90. The molecule has 0 unspecified atom stereocenters. The Hall–Kier alpha value is -2.14. The van der Waals surface area contributed by atoms with Gasteiger partial charge in [-0.2, -0.15) is 0 Å². The molecule has 0 heterocycles. The number of aliphatic hydroxyl groups is 1. The molecule has 5 heteroatoms. The molecule has 0 aliphatic rings. The van der Waals surface area contributed by atoms with Crippen molar-refractivity contribution in [3.8, 4) is 0 Å². The number of benzene rings is 1. The molecule has 0 aliphatic heterocycles. The van der Waals surface area contributed by atoms with Gasteiger partial charge in [0.05, 0.1) is 6.61 Å². The van der Waals surface area contributed by atoms with E-state index in [-0.39, 0.29) is 12.5 Å². The fourth-order valence-corrected chi connectivity index (χ4v) is 1.61. The molecule has 0 saturated carbocycles. The number of aliphatic hydroxyl groups excluding tert-OH is 1. The third kappa shape index (κ3) is 4.56. The molecule has 0 aromatic heterocycles. The lowest BCUT2D eigenvalue weighted by Gasteiger charge is -2.19. The van der Waals surface area contributed by atoms with Crippen LogP contribution in [0, 0.1) is 0 Å². The minimum atomic E-state index is -1.01. The number of hydrogen-bond acceptors (Lipinski definition) is 3. The van der Waals surface area contributed by atoms with E-state index in [0.717, 1.165) is 6.08 Å². The summed E-state index contributed by atoms with van der Waals surface area (Å²) in [7, 11) is 0. The van der Waals surface area contributed by atoms with Crippen LogP contribution in [0.4, 0.5) is 0 Å². The van der Waals surface area contributed by atoms with Crippen LogP contribution in [-0.2, 0) is 4.79 Å². The van der Waals surface area contributed by atoms with Crippen LogP contribution in [0.25, 0.3) is 6.08 Å². The van der Waals surface area contributed by atoms with Gasteiger partial charge in [0.25, 0.3) is 5.91 Å². The molecular weight excluding hydrogens is 246 g/mol. The number of nitrogens with zero attached hydrogens (tertiary/aromatic N) is 1. The smallest absolute Gasteiger partial charge is 0.328 e. The SMILES string of the molecule is CCN(CCO)C(=O)c1ccc(C=CC(=O)O)cc1. The molecule has 19 heavy (non-hydrogen) atoms. The highest BCUT2D eigenvalue weighted by Gasteiger charge is 2.12. The van der Waals surface area contributed by atoms with Gasteiger partial charge in [0.1, 0.15) is 0 Å². The van der Waals surface area contributed by atoms with Gasteiger partial charge >= 0.3 is 5.97 Å². The number of carbonyl (C=O) groups is 2. The molecule has 1 amide bonds. The van der Waals surface area contributed by atoms with Gasteiger partial charge in [0, 0.05) is 24.7 Å². The molecule has 0 spiro atoms. The Morgan fingerprint density at radius 1 is 1.26 bits per heavy atom. The normalized spacial score (nSPS) is 10.6. The largest absolute Gasteiger partial charge is 0.478 e. The van der Waals surface area contributed by atoms with Crippen molar-refractivity contribution in [3.63, 3.8) is 0 Å². The van der Waals surface area contributed by atoms with E-state index in [4.69, 9.17) is 10.2 Å². The third-order valence-corrected chi connectivity index (χ3v) is 2.61. The van der Waals surface area contributed by atoms with Crippen LogP contribution < -0.4 is 0 Å². The van der Waals surface area contributed by atoms with Crippen LogP contribution in [0.1, 0.15) is 22.8 Å². The first-order chi connectivity index (χ1) is 9.08. The number of hydrogen-bond donors (Lipinski definition) is 2. The van der Waals surface area contributed by atoms with Crippen molar-refractivity contribution >= 4 is 18.0 Å². The summed E-state index contributed by atoms with van der Waals surface area (Å²) >= 11 is 0. The van der Waals surface area contributed by atoms with Crippen LogP contribution in [0.3, 0.4) is 0 Å². The standard InChI is InChI=1S/C14H17NO4/c1-2-15(9-10-16)14(19)12-6-3-11(4-7-12)5-8-13(17)18/h3-8,16H,2,9-10H2,1H3,(H,17,18). The molecule has 102 valence electrons. The maximum Gasteiger partial charge on any atom is 0.328 e. The summed E-state index contributed by atoms with van der Waals surface area (Å²) in [6.45, 7) is 2.60. The summed E-state index contributed by atoms with van der Waals surface area (Å²) < 4.78 is 0. The Bertz CT molecular complexity index is 465. The van der Waals surface area contributed by atoms with Crippen LogP contribution >= 0.6 is 0 Å². The van der Waals surface area contributed by atoms with Crippen molar-refractivity contribution in [3.05, 3.63) is 41.5 Å². The number of carboxylic acid groups (broad SMARTS) is 1. The van der Waals surface area contributed by atoms with Crippen molar-refractivity contribution in [2.24, 2.45) is 0 Å². The monoisotopic (exact) mass is 263 g/mol. The summed E-state index contributed by atoms with van der Waals surface area (Å²) in [6.07, 6.45) is 2.50. The maximum absolute atomic E-state index is 12.0. The second kappa shape index (κ2) is 7.33. The van der Waals surface area contributed by atoms with Gasteiger partial charge in [0.2, 0.25) is 0 Å². The van der Waals surface area contributed by atoms with Crippen molar-refractivity contribution in [2.45, 2.75) is 6.92 Å². The van der Waals surface area contributed by atoms with Crippen molar-refractivity contribution in [2.75, 3.05) is 19.7 Å². The number of rotatable bonds is 6. The first-order valence-electron chi connectivity index (χ1n) is 5.99. The highest BCUT2D eigenvalue weighted by molar-refractivity contribution is 5.94. The average Bonchev–Trinajstić information content (AvgIpc) is 2.42. The average molecular weight is 263 g/mol. The van der Waals surface area contributed by atoms with Gasteiger partial charge in [-0.3, -0.25) is 4.79 Å². The van der Waals surface area contributed by atoms with Gasteiger partial charge in [-0.25, -0.2) is 4.79 Å². The summed E-state index contributed by atoms with van der Waals surface area (Å²) in [5.41, 5.74) is 1.23. The topological polar surface area (TPSA) is 77.8 Å². The van der Waals surface area contributed by atoms with E-state index < -0.39 is 5.97 Å². The predicted octanol–water partition coefficient (Wildman–Crippen LogP) is 1.24. The van der Waals surface area contributed by atoms with E-state index >= 15 is 0 Å². The third-order valence-electron chi connectivity index (χ3n) is 2.61. The Balaban J connectivity index is 2.80. The van der Waals surface area contributed by atoms with E-state index in [1.165, 1.54) is 6.08 Å². The lowest BCUT2D eigenvalue weighted by Crippen LogP contribution is -2.33. The van der Waals surface area contributed by atoms with E-state index in [0.29, 0.717) is 24.2 Å². The molecule has 1 aromatic rings. The minimum Gasteiger partial charge on any atom is -0.478 e. The molecule has 0 aliphatic carbocycles. The van der Waals surface area contributed by atoms with Crippen LogP contribution in [0.2, 0.25) is 0 Å². The number of carbonyl (C=O) groups excluding carboxylic acids is 1. The maximum atomic E-state index is 12.0. The predicted molar refractivity (Wildman–Crippen MR) is 71.8 cm³/mol. The minimum absolute atomic E-state index is 0.0704. The molecule has 0 atom stereocenters. The number of amides is 1. The Morgan fingerprint density at radius 2 is 1.89 bits per heavy atom. The van der Waals surface area contributed by atoms with E-state index in [1.807, 2.05) is 6.92 Å². The molecule has 0 saturated heterocycles. The van der Waals surface area contributed by atoms with Crippen LogP contribution in [-0.4, -0.2) is 46.7 Å². The summed E-state index contributed by atoms with van der Waals surface area (Å²) in [6, 6.07) is 6.65. The lowest BCUT2D eigenvalue weighted by molar-refractivity contribution is -0.131. The number of likely N-dealkylation sites (N-methyl/N-ethyl adjacent to an activating group) is 1. The highest BCUT2D eigenvalue weighted by Crippen LogP contribution is 2.09. The molecular formula is C14H17NO4. The van der Waals surface area contributed by atoms with E-state index in [2.05, 4.69) is 0 Å². The number of carboxylic acids is 1. The zero-order chi connectivity index (χ0) is 14.3. The van der Waals surface area contributed by atoms with Gasteiger partial charge in [-0.05, 0) is 30.7 Å². The molecule has 1 rings (SSSR count). The molecule has 0 fully saturated rings. The quantitative estimate of drug-likeness (QED) is 0.757. The highest BCUT2D eigenvalue weighted by atomic mass is 16.4. The first kappa shape index (κ1) is 14.9. The Labute approximate surface area is 111 Å². The fourth-order valence-electron chi connectivity index (χ4n) is 1.61. The summed E-state index contributed by atoms with van der Waals surface area (Å²) in [4.78, 5) is 24.0. The van der Waals surface area contributed by atoms with Crippen molar-refractivity contribution in [1.82, 2.24) is 4.90 Å². The molecule has 5 nitrogen and oxygen atoms in total. The van der Waals surface area contributed by atoms with Crippen LogP contribution in [0.15, 0.2) is 30.3 Å². The van der Waals surface area contributed by atoms with Crippen molar-refractivity contribution in [1.29, 1.82) is 0 Å². The van der Waals surface area contributed by atoms with Gasteiger partial charge in [-0.15, -0.1) is 0 Å². The molecule has 0 bridgehead atoms. The zero-order valence-corrected chi connectivity index (χ0v) is 10.7. The lowest BCUT2D eigenvalue weighted by atomic mass is 10.1. The molecule has 2 N–H and O–H groups in total. The van der Waals surface area contributed by atoms with Gasteiger partial charge < -0.3 is 15.1 Å². The summed E-state index contributed by atoms with van der Waals surface area (Å²) in [5, 5.41) is 17.4. The molecule has 1 aromatic carbocycles.